The molecule has 0 radical (unpaired) electrons. The van der Waals surface area contributed by atoms with E-state index in [0.29, 0.717) is 12.0 Å². The molecule has 4 heterocycles. The van der Waals surface area contributed by atoms with Crippen molar-refractivity contribution in [2.45, 2.75) is 32.4 Å². The molecule has 192 valence electrons. The van der Waals surface area contributed by atoms with Gasteiger partial charge in [0, 0.05) is 70.9 Å². The van der Waals surface area contributed by atoms with Crippen LogP contribution < -0.4 is 9.64 Å². The molecule has 0 aliphatic carbocycles. The van der Waals surface area contributed by atoms with E-state index in [1.165, 1.54) is 31.5 Å². The highest BCUT2D eigenvalue weighted by Crippen LogP contribution is 2.31. The van der Waals surface area contributed by atoms with E-state index in [2.05, 4.69) is 68.1 Å². The van der Waals surface area contributed by atoms with Gasteiger partial charge in [-0.3, -0.25) is 9.80 Å². The molecule has 3 fully saturated rings. The van der Waals surface area contributed by atoms with Crippen LogP contribution in [0, 0.1) is 5.92 Å². The lowest BCUT2D eigenvalue weighted by molar-refractivity contribution is 0.0726. The maximum absolute atomic E-state index is 6.33. The van der Waals surface area contributed by atoms with Gasteiger partial charge in [0.15, 0.2) is 11.4 Å². The average molecular weight is 490 g/mol. The van der Waals surface area contributed by atoms with Crippen molar-refractivity contribution in [1.29, 1.82) is 0 Å². The van der Waals surface area contributed by atoms with Crippen molar-refractivity contribution in [3.05, 3.63) is 54.1 Å². The van der Waals surface area contributed by atoms with Crippen LogP contribution in [0.15, 0.2) is 53.1 Å². The number of nitrogens with zero attached hydrogens (tertiary/aromatic N) is 5. The van der Waals surface area contributed by atoms with E-state index >= 15 is 0 Å². The van der Waals surface area contributed by atoms with Crippen LogP contribution >= 0.6 is 0 Å². The van der Waals surface area contributed by atoms with Crippen molar-refractivity contribution in [3.8, 4) is 5.75 Å². The minimum atomic E-state index is 0.585. The van der Waals surface area contributed by atoms with E-state index in [4.69, 9.17) is 9.26 Å². The summed E-state index contributed by atoms with van der Waals surface area (Å²) in [5.41, 5.74) is 2.23. The van der Waals surface area contributed by atoms with Crippen LogP contribution in [-0.4, -0.2) is 91.4 Å². The van der Waals surface area contributed by atoms with Gasteiger partial charge in [-0.2, -0.15) is 0 Å². The predicted octanol–water partition coefficient (Wildman–Crippen LogP) is 3.94. The van der Waals surface area contributed by atoms with Gasteiger partial charge in [-0.05, 0) is 49.2 Å². The Hall–Kier alpha value is -2.61. The first-order valence-electron chi connectivity index (χ1n) is 13.7. The lowest BCUT2D eigenvalue weighted by atomic mass is 9.91. The zero-order valence-corrected chi connectivity index (χ0v) is 21.5. The predicted molar refractivity (Wildman–Crippen MR) is 144 cm³/mol. The molecular weight excluding hydrogens is 450 g/mol. The number of benzene rings is 2. The Balaban J connectivity index is 0.990. The summed E-state index contributed by atoms with van der Waals surface area (Å²) in [5.74, 6) is 2.61. The minimum absolute atomic E-state index is 0.585. The number of rotatable bonds is 7. The number of piperidine rings is 1. The summed E-state index contributed by atoms with van der Waals surface area (Å²) in [7, 11) is 0. The van der Waals surface area contributed by atoms with Crippen molar-refractivity contribution >= 4 is 16.8 Å². The SMILES string of the molecule is CCN1CCN(Cc2cccc(OC[C@H]3CC[C@H]4CN(c5noc6ccccc56)CCN4C3)c2)CC1. The molecule has 0 bridgehead atoms. The Morgan fingerprint density at radius 1 is 0.917 bits per heavy atom. The fourth-order valence-electron chi connectivity index (χ4n) is 6.16. The maximum atomic E-state index is 6.33. The number of piperazine rings is 2. The van der Waals surface area contributed by atoms with E-state index in [9.17, 15) is 0 Å². The summed E-state index contributed by atoms with van der Waals surface area (Å²) in [6, 6.07) is 17.5. The molecule has 0 N–H and O–H groups in total. The molecule has 7 nitrogen and oxygen atoms in total. The standard InChI is InChI=1S/C29H39N5O2/c1-2-31-12-14-32(15-13-31)19-23-6-5-7-26(18-23)35-22-24-10-11-25-21-34(17-16-33(25)20-24)29-27-8-3-4-9-28(27)36-30-29/h3-9,18,24-25H,2,10-17,19-22H2,1H3/t24-,25-/m0/s1. The van der Waals surface area contributed by atoms with Gasteiger partial charge >= 0.3 is 0 Å². The molecule has 3 aliphatic rings. The Morgan fingerprint density at radius 2 is 1.78 bits per heavy atom. The molecule has 1 aromatic heterocycles. The van der Waals surface area contributed by atoms with Crippen molar-refractivity contribution in [1.82, 2.24) is 19.9 Å². The monoisotopic (exact) mass is 489 g/mol. The summed E-state index contributed by atoms with van der Waals surface area (Å²) in [6.07, 6.45) is 2.43. The molecule has 6 rings (SSSR count). The molecular formula is C29H39N5O2. The van der Waals surface area contributed by atoms with Crippen LogP contribution in [0.2, 0.25) is 0 Å². The smallest absolute Gasteiger partial charge is 0.180 e. The highest BCUT2D eigenvalue weighted by molar-refractivity contribution is 5.88. The molecule has 3 aliphatic heterocycles. The van der Waals surface area contributed by atoms with Crippen LogP contribution in [0.4, 0.5) is 5.82 Å². The quantitative estimate of drug-likeness (QED) is 0.498. The van der Waals surface area contributed by atoms with Gasteiger partial charge in [-0.1, -0.05) is 36.3 Å². The Morgan fingerprint density at radius 3 is 2.67 bits per heavy atom. The van der Waals surface area contributed by atoms with Gasteiger partial charge in [-0.25, -0.2) is 0 Å². The number of likely N-dealkylation sites (N-methyl/N-ethyl adjacent to an activating group) is 1. The molecule has 3 saturated heterocycles. The lowest BCUT2D eigenvalue weighted by Gasteiger charge is -2.46. The van der Waals surface area contributed by atoms with Gasteiger partial charge < -0.3 is 19.1 Å². The third-order valence-electron chi connectivity index (χ3n) is 8.37. The third-order valence-corrected chi connectivity index (χ3v) is 8.37. The van der Waals surface area contributed by atoms with Crippen molar-refractivity contribution < 1.29 is 9.26 Å². The molecule has 0 spiro atoms. The van der Waals surface area contributed by atoms with Crippen LogP contribution in [0.1, 0.15) is 25.3 Å². The number of para-hydroxylation sites is 1. The normalized spacial score (nSPS) is 24.2. The Kier molecular flexibility index (Phi) is 7.12. The molecule has 36 heavy (non-hydrogen) atoms. The summed E-state index contributed by atoms with van der Waals surface area (Å²) in [5, 5.41) is 5.52. The number of hydrogen-bond acceptors (Lipinski definition) is 7. The van der Waals surface area contributed by atoms with Crippen LogP contribution in [0.5, 0.6) is 5.75 Å². The first kappa shape index (κ1) is 23.8. The first-order chi connectivity index (χ1) is 17.7. The molecule has 7 heteroatoms. The van der Waals surface area contributed by atoms with Crippen LogP contribution in [0.3, 0.4) is 0 Å². The first-order valence-corrected chi connectivity index (χ1v) is 13.7. The number of fused-ring (bicyclic) bond motifs is 2. The summed E-state index contributed by atoms with van der Waals surface area (Å²) in [4.78, 5) is 10.2. The second kappa shape index (κ2) is 10.8. The maximum Gasteiger partial charge on any atom is 0.180 e. The van der Waals surface area contributed by atoms with Gasteiger partial charge in [0.2, 0.25) is 0 Å². The van der Waals surface area contributed by atoms with E-state index in [1.54, 1.807) is 0 Å². The molecule has 0 amide bonds. The average Bonchev–Trinajstić information content (AvgIpc) is 3.36. The lowest BCUT2D eigenvalue weighted by Crippen LogP contribution is -2.57. The van der Waals surface area contributed by atoms with E-state index in [0.717, 1.165) is 81.5 Å². The summed E-state index contributed by atoms with van der Waals surface area (Å²) in [6.45, 7) is 14.1. The zero-order chi connectivity index (χ0) is 24.3. The van der Waals surface area contributed by atoms with Gasteiger partial charge in [0.1, 0.15) is 5.75 Å². The van der Waals surface area contributed by atoms with Crippen molar-refractivity contribution in [2.24, 2.45) is 5.92 Å². The second-order valence-corrected chi connectivity index (χ2v) is 10.7. The highest BCUT2D eigenvalue weighted by atomic mass is 16.5. The van der Waals surface area contributed by atoms with Crippen molar-refractivity contribution in [3.63, 3.8) is 0 Å². The third kappa shape index (κ3) is 5.24. The fraction of sp³-hybridized carbons (Fsp3) is 0.552. The number of anilines is 1. The molecule has 0 saturated carbocycles. The number of hydrogen-bond donors (Lipinski definition) is 0. The van der Waals surface area contributed by atoms with Crippen molar-refractivity contribution in [2.75, 3.05) is 70.4 Å². The fourth-order valence-corrected chi connectivity index (χ4v) is 6.16. The largest absolute Gasteiger partial charge is 0.493 e. The van der Waals surface area contributed by atoms with E-state index in [1.807, 2.05) is 12.1 Å². The van der Waals surface area contributed by atoms with Gasteiger partial charge in [0.05, 0.1) is 12.0 Å². The van der Waals surface area contributed by atoms with E-state index < -0.39 is 0 Å². The molecule has 2 aromatic carbocycles. The molecule has 0 unspecified atom stereocenters. The zero-order valence-electron chi connectivity index (χ0n) is 21.5. The minimum Gasteiger partial charge on any atom is -0.493 e. The summed E-state index contributed by atoms with van der Waals surface area (Å²) < 4.78 is 11.9. The Labute approximate surface area is 214 Å². The van der Waals surface area contributed by atoms with Crippen LogP contribution in [-0.2, 0) is 6.54 Å². The van der Waals surface area contributed by atoms with Crippen LogP contribution in [0.25, 0.3) is 11.0 Å². The molecule has 2 atom stereocenters. The van der Waals surface area contributed by atoms with Gasteiger partial charge in [0.25, 0.3) is 0 Å². The molecule has 3 aromatic rings. The number of aromatic nitrogens is 1. The second-order valence-electron chi connectivity index (χ2n) is 10.7. The van der Waals surface area contributed by atoms with Gasteiger partial charge in [-0.15, -0.1) is 0 Å². The topological polar surface area (TPSA) is 48.2 Å². The number of ether oxygens (including phenoxy) is 1. The Bertz CT molecular complexity index is 1140. The summed E-state index contributed by atoms with van der Waals surface area (Å²) >= 11 is 0. The highest BCUT2D eigenvalue weighted by Gasteiger charge is 2.34. The van der Waals surface area contributed by atoms with E-state index in [-0.39, 0.29) is 0 Å².